The van der Waals surface area contributed by atoms with Crippen LogP contribution in [0, 0.1) is 0 Å². The number of carbonyl (C=O) groups is 2. The molecule has 1 atom stereocenters. The summed E-state index contributed by atoms with van der Waals surface area (Å²) in [6.07, 6.45) is 3.25. The van der Waals surface area contributed by atoms with E-state index in [0.29, 0.717) is 12.2 Å². The summed E-state index contributed by atoms with van der Waals surface area (Å²) in [6, 6.07) is 6.35. The third-order valence-electron chi connectivity index (χ3n) is 2.54. The molecule has 0 aliphatic heterocycles. The molecule has 1 aromatic carbocycles. The van der Waals surface area contributed by atoms with E-state index in [2.05, 4.69) is 5.32 Å². The Morgan fingerprint density at radius 1 is 1.47 bits per heavy atom. The Labute approximate surface area is 111 Å². The molecule has 0 fully saturated rings. The van der Waals surface area contributed by atoms with Crippen molar-refractivity contribution in [2.75, 3.05) is 7.11 Å². The molecule has 0 bridgehead atoms. The highest BCUT2D eigenvalue weighted by Crippen LogP contribution is 2.13. The molecule has 0 radical (unpaired) electrons. The van der Waals surface area contributed by atoms with Gasteiger partial charge in [-0.05, 0) is 30.2 Å². The number of carboxylic acid groups (broad SMARTS) is 1. The fraction of sp³-hybridized carbons (Fsp3) is 0.286. The van der Waals surface area contributed by atoms with Crippen LogP contribution >= 0.6 is 0 Å². The lowest BCUT2D eigenvalue weighted by Crippen LogP contribution is -2.39. The number of nitrogens with one attached hydrogen (secondary N) is 1. The van der Waals surface area contributed by atoms with Crippen molar-refractivity contribution < 1.29 is 19.4 Å². The van der Waals surface area contributed by atoms with Gasteiger partial charge in [0, 0.05) is 6.08 Å². The predicted octanol–water partition coefficient (Wildman–Crippen LogP) is 1.69. The van der Waals surface area contributed by atoms with Crippen LogP contribution in [-0.2, 0) is 9.59 Å². The van der Waals surface area contributed by atoms with Crippen molar-refractivity contribution in [3.8, 4) is 5.75 Å². The van der Waals surface area contributed by atoms with Crippen LogP contribution in [0.1, 0.15) is 18.9 Å². The zero-order chi connectivity index (χ0) is 14.3. The first-order valence-electron chi connectivity index (χ1n) is 5.92. The first kappa shape index (κ1) is 14.8. The van der Waals surface area contributed by atoms with Gasteiger partial charge in [0.1, 0.15) is 11.8 Å². The van der Waals surface area contributed by atoms with Gasteiger partial charge in [0.05, 0.1) is 7.11 Å². The number of carbonyl (C=O) groups excluding carboxylic acids is 1. The van der Waals surface area contributed by atoms with Crippen LogP contribution in [0.5, 0.6) is 5.75 Å². The topological polar surface area (TPSA) is 75.6 Å². The number of hydrogen-bond donors (Lipinski definition) is 2. The minimum Gasteiger partial charge on any atom is -0.497 e. The summed E-state index contributed by atoms with van der Waals surface area (Å²) in [5.74, 6) is -0.776. The molecule has 0 spiro atoms. The van der Waals surface area contributed by atoms with Gasteiger partial charge in [0.25, 0.3) is 0 Å². The van der Waals surface area contributed by atoms with Crippen LogP contribution < -0.4 is 10.1 Å². The zero-order valence-corrected chi connectivity index (χ0v) is 10.9. The average Bonchev–Trinajstić information content (AvgIpc) is 2.42. The highest BCUT2D eigenvalue weighted by molar-refractivity contribution is 5.94. The lowest BCUT2D eigenvalue weighted by atomic mass is 10.2. The molecule has 0 heterocycles. The Bertz CT molecular complexity index is 482. The van der Waals surface area contributed by atoms with E-state index in [1.54, 1.807) is 32.2 Å². The molecule has 0 unspecified atom stereocenters. The number of carboxylic acids is 1. The highest BCUT2D eigenvalue weighted by atomic mass is 16.5. The van der Waals surface area contributed by atoms with E-state index in [0.717, 1.165) is 5.56 Å². The molecule has 1 aromatic rings. The van der Waals surface area contributed by atoms with Gasteiger partial charge in [-0.1, -0.05) is 19.1 Å². The minimum atomic E-state index is -1.04. The Hall–Kier alpha value is -2.30. The van der Waals surface area contributed by atoms with E-state index in [1.807, 2.05) is 12.1 Å². The highest BCUT2D eigenvalue weighted by Gasteiger charge is 2.15. The first-order chi connectivity index (χ1) is 9.06. The van der Waals surface area contributed by atoms with Gasteiger partial charge in [-0.2, -0.15) is 0 Å². The van der Waals surface area contributed by atoms with Crippen molar-refractivity contribution in [1.29, 1.82) is 0 Å². The van der Waals surface area contributed by atoms with Crippen LogP contribution in [0.25, 0.3) is 6.08 Å². The summed E-state index contributed by atoms with van der Waals surface area (Å²) in [6.45, 7) is 1.70. The Balaban J connectivity index is 2.65. The normalized spacial score (nSPS) is 12.1. The molecule has 0 saturated heterocycles. The van der Waals surface area contributed by atoms with Crippen molar-refractivity contribution in [3.05, 3.63) is 35.9 Å². The fourth-order valence-electron chi connectivity index (χ4n) is 1.48. The van der Waals surface area contributed by atoms with Gasteiger partial charge >= 0.3 is 5.97 Å². The molecule has 0 saturated carbocycles. The Kier molecular flexibility index (Phi) is 5.60. The van der Waals surface area contributed by atoms with Crippen LogP contribution in [0.4, 0.5) is 0 Å². The minimum absolute atomic E-state index is 0.341. The summed E-state index contributed by atoms with van der Waals surface area (Å²) in [4.78, 5) is 22.3. The summed E-state index contributed by atoms with van der Waals surface area (Å²) in [5.41, 5.74) is 0.804. The van der Waals surface area contributed by atoms with E-state index in [1.165, 1.54) is 6.08 Å². The molecule has 1 amide bonds. The third kappa shape index (κ3) is 4.83. The molecule has 102 valence electrons. The summed E-state index contributed by atoms with van der Waals surface area (Å²) in [5, 5.41) is 11.2. The third-order valence-corrected chi connectivity index (χ3v) is 2.54. The molecular weight excluding hydrogens is 246 g/mol. The quantitative estimate of drug-likeness (QED) is 0.766. The zero-order valence-electron chi connectivity index (χ0n) is 10.9. The number of rotatable bonds is 6. The molecule has 2 N–H and O–H groups in total. The van der Waals surface area contributed by atoms with Crippen molar-refractivity contribution in [3.63, 3.8) is 0 Å². The average molecular weight is 263 g/mol. The SMILES string of the molecule is CC[C@H](NC(=O)/C=C/c1cccc(OC)c1)C(=O)O. The van der Waals surface area contributed by atoms with E-state index >= 15 is 0 Å². The van der Waals surface area contributed by atoms with Crippen molar-refractivity contribution in [1.82, 2.24) is 5.32 Å². The maximum Gasteiger partial charge on any atom is 0.326 e. The molecule has 0 aliphatic carbocycles. The number of methoxy groups -OCH3 is 1. The number of benzene rings is 1. The molecule has 1 rings (SSSR count). The van der Waals surface area contributed by atoms with Crippen LogP contribution in [0.15, 0.2) is 30.3 Å². The molecule has 5 heteroatoms. The van der Waals surface area contributed by atoms with Crippen molar-refractivity contribution >= 4 is 18.0 Å². The monoisotopic (exact) mass is 263 g/mol. The van der Waals surface area contributed by atoms with Crippen LogP contribution in [-0.4, -0.2) is 30.1 Å². The summed E-state index contributed by atoms with van der Waals surface area (Å²) >= 11 is 0. The van der Waals surface area contributed by atoms with Gasteiger partial charge < -0.3 is 15.2 Å². The second-order valence-corrected chi connectivity index (χ2v) is 3.92. The van der Waals surface area contributed by atoms with Gasteiger partial charge in [-0.25, -0.2) is 4.79 Å². The number of ether oxygens (including phenoxy) is 1. The summed E-state index contributed by atoms with van der Waals surface area (Å²) in [7, 11) is 1.56. The number of amides is 1. The fourth-order valence-corrected chi connectivity index (χ4v) is 1.48. The summed E-state index contributed by atoms with van der Waals surface area (Å²) < 4.78 is 5.06. The van der Waals surface area contributed by atoms with Gasteiger partial charge in [-0.15, -0.1) is 0 Å². The molecule has 0 aliphatic rings. The maximum atomic E-state index is 11.6. The van der Waals surface area contributed by atoms with E-state index in [4.69, 9.17) is 9.84 Å². The van der Waals surface area contributed by atoms with Crippen molar-refractivity contribution in [2.45, 2.75) is 19.4 Å². The number of hydrogen-bond acceptors (Lipinski definition) is 3. The van der Waals surface area contributed by atoms with E-state index in [-0.39, 0.29) is 0 Å². The molecule has 5 nitrogen and oxygen atoms in total. The van der Waals surface area contributed by atoms with Gasteiger partial charge in [0.15, 0.2) is 0 Å². The molecule has 19 heavy (non-hydrogen) atoms. The predicted molar refractivity (Wildman–Crippen MR) is 71.9 cm³/mol. The number of aliphatic carboxylic acids is 1. The first-order valence-corrected chi connectivity index (χ1v) is 5.92. The Morgan fingerprint density at radius 2 is 2.21 bits per heavy atom. The van der Waals surface area contributed by atoms with Crippen LogP contribution in [0.2, 0.25) is 0 Å². The van der Waals surface area contributed by atoms with Crippen molar-refractivity contribution in [2.24, 2.45) is 0 Å². The maximum absolute atomic E-state index is 11.6. The van der Waals surface area contributed by atoms with Gasteiger partial charge in [0.2, 0.25) is 5.91 Å². The van der Waals surface area contributed by atoms with Gasteiger partial charge in [-0.3, -0.25) is 4.79 Å². The molecular formula is C14H17NO4. The lowest BCUT2D eigenvalue weighted by molar-refractivity contribution is -0.141. The Morgan fingerprint density at radius 3 is 2.79 bits per heavy atom. The van der Waals surface area contributed by atoms with E-state index in [9.17, 15) is 9.59 Å². The second-order valence-electron chi connectivity index (χ2n) is 3.92. The molecule has 0 aromatic heterocycles. The standard InChI is InChI=1S/C14H17NO4/c1-3-12(14(17)18)15-13(16)8-7-10-5-4-6-11(9-10)19-2/h4-9,12H,3H2,1-2H3,(H,15,16)(H,17,18)/b8-7+/t12-/m0/s1. The smallest absolute Gasteiger partial charge is 0.326 e. The van der Waals surface area contributed by atoms with E-state index < -0.39 is 17.9 Å². The lowest BCUT2D eigenvalue weighted by Gasteiger charge is -2.09. The van der Waals surface area contributed by atoms with Crippen LogP contribution in [0.3, 0.4) is 0 Å². The largest absolute Gasteiger partial charge is 0.497 e. The second kappa shape index (κ2) is 7.20.